The van der Waals surface area contributed by atoms with Crippen molar-refractivity contribution < 1.29 is 9.50 Å². The van der Waals surface area contributed by atoms with Crippen molar-refractivity contribution >= 4 is 29.2 Å². The molecule has 1 unspecified atom stereocenters. The molecule has 2 aliphatic rings. The molecular formula is C24H26ClFN6O. The quantitative estimate of drug-likeness (QED) is 0.610. The number of aromatic hydroxyl groups is 1. The first-order valence-corrected chi connectivity index (χ1v) is 11.6. The Balaban J connectivity index is 1.44. The van der Waals surface area contributed by atoms with E-state index in [1.165, 1.54) is 12.3 Å². The molecule has 1 aromatic carbocycles. The van der Waals surface area contributed by atoms with Crippen molar-refractivity contribution in [2.24, 2.45) is 0 Å². The molecule has 5 rings (SSSR count). The Kier molecular flexibility index (Phi) is 5.93. The first-order valence-electron chi connectivity index (χ1n) is 11.2. The molecule has 0 spiro atoms. The molecule has 7 nitrogen and oxygen atoms in total. The first-order chi connectivity index (χ1) is 16.0. The molecule has 1 N–H and O–H groups in total. The van der Waals surface area contributed by atoms with E-state index in [1.54, 1.807) is 18.2 Å². The second kappa shape index (κ2) is 9.02. The van der Waals surface area contributed by atoms with E-state index in [0.717, 1.165) is 68.5 Å². The van der Waals surface area contributed by atoms with Gasteiger partial charge in [0.05, 0.1) is 16.9 Å². The Labute approximate surface area is 197 Å². The van der Waals surface area contributed by atoms with Gasteiger partial charge < -0.3 is 19.8 Å². The predicted octanol–water partition coefficient (Wildman–Crippen LogP) is 4.35. The highest BCUT2D eigenvalue weighted by molar-refractivity contribution is 6.31. The molecule has 0 radical (unpaired) electrons. The van der Waals surface area contributed by atoms with E-state index in [-0.39, 0.29) is 10.8 Å². The van der Waals surface area contributed by atoms with Crippen molar-refractivity contribution in [1.29, 1.82) is 0 Å². The number of rotatable bonds is 4. The lowest BCUT2D eigenvalue weighted by atomic mass is 10.1. The Morgan fingerprint density at radius 2 is 1.73 bits per heavy atom. The molecule has 0 aliphatic carbocycles. The maximum absolute atomic E-state index is 13.8. The van der Waals surface area contributed by atoms with Crippen LogP contribution in [0.2, 0.25) is 5.02 Å². The van der Waals surface area contributed by atoms with Crippen molar-refractivity contribution in [3.8, 4) is 17.0 Å². The number of piperazine rings is 1. The predicted molar refractivity (Wildman–Crippen MR) is 129 cm³/mol. The van der Waals surface area contributed by atoms with E-state index in [0.29, 0.717) is 12.0 Å². The van der Waals surface area contributed by atoms with Crippen LogP contribution in [0.4, 0.5) is 22.0 Å². The number of hydrogen-bond acceptors (Lipinski definition) is 7. The number of benzene rings is 1. The van der Waals surface area contributed by atoms with Gasteiger partial charge in [0.1, 0.15) is 23.2 Å². The zero-order valence-corrected chi connectivity index (χ0v) is 19.2. The largest absolute Gasteiger partial charge is 0.506 e. The third-order valence-electron chi connectivity index (χ3n) is 6.39. The molecule has 0 saturated carbocycles. The summed E-state index contributed by atoms with van der Waals surface area (Å²) in [6.45, 7) is 6.25. The van der Waals surface area contributed by atoms with E-state index in [1.807, 2.05) is 12.1 Å². The normalized spacial score (nSPS) is 18.8. The van der Waals surface area contributed by atoms with Gasteiger partial charge in [-0.1, -0.05) is 11.6 Å². The lowest BCUT2D eigenvalue weighted by molar-refractivity contribution is 0.472. The topological polar surface area (TPSA) is 68.6 Å². The van der Waals surface area contributed by atoms with Gasteiger partial charge in [0.2, 0.25) is 5.95 Å². The second-order valence-corrected chi connectivity index (χ2v) is 8.98. The van der Waals surface area contributed by atoms with Crippen molar-refractivity contribution in [3.63, 3.8) is 0 Å². The first kappa shape index (κ1) is 21.7. The van der Waals surface area contributed by atoms with Gasteiger partial charge in [0.15, 0.2) is 0 Å². The molecular weight excluding hydrogens is 443 g/mol. The molecule has 0 bridgehead atoms. The molecule has 2 fully saturated rings. The van der Waals surface area contributed by atoms with Crippen LogP contribution in [0.25, 0.3) is 11.3 Å². The minimum atomic E-state index is -0.443. The summed E-state index contributed by atoms with van der Waals surface area (Å²) in [7, 11) is 0. The number of halogens is 2. The maximum Gasteiger partial charge on any atom is 0.228 e. The summed E-state index contributed by atoms with van der Waals surface area (Å²) in [6.07, 6.45) is 3.70. The maximum atomic E-state index is 13.8. The van der Waals surface area contributed by atoms with Gasteiger partial charge in [-0.05, 0) is 50.1 Å². The van der Waals surface area contributed by atoms with Crippen molar-refractivity contribution in [2.75, 3.05) is 47.4 Å². The van der Waals surface area contributed by atoms with Gasteiger partial charge in [-0.25, -0.2) is 14.4 Å². The van der Waals surface area contributed by atoms with Crippen LogP contribution < -0.4 is 14.7 Å². The summed E-state index contributed by atoms with van der Waals surface area (Å²) in [5.74, 6) is 2.13. The van der Waals surface area contributed by atoms with Crippen LogP contribution in [0.15, 0.2) is 42.6 Å². The SMILES string of the molecule is CC1CCCN1c1nc(-c2ccc(F)c(Cl)c2)cc(N2CCN(c3ccc(O)cn3)CC2)n1. The average molecular weight is 469 g/mol. The second-order valence-electron chi connectivity index (χ2n) is 8.57. The fraction of sp³-hybridized carbons (Fsp3) is 0.375. The molecule has 2 saturated heterocycles. The summed E-state index contributed by atoms with van der Waals surface area (Å²) >= 11 is 6.06. The average Bonchev–Trinajstić information content (AvgIpc) is 3.27. The van der Waals surface area contributed by atoms with Gasteiger partial charge in [-0.2, -0.15) is 4.98 Å². The Morgan fingerprint density at radius 3 is 2.36 bits per heavy atom. The number of pyridine rings is 1. The van der Waals surface area contributed by atoms with Crippen LogP contribution in [-0.4, -0.2) is 58.8 Å². The van der Waals surface area contributed by atoms with Gasteiger partial charge in [0.25, 0.3) is 0 Å². The molecule has 2 aromatic heterocycles. The molecule has 3 aromatic rings. The summed E-state index contributed by atoms with van der Waals surface area (Å²) < 4.78 is 13.8. The molecule has 9 heteroatoms. The van der Waals surface area contributed by atoms with E-state index in [2.05, 4.69) is 26.6 Å². The molecule has 33 heavy (non-hydrogen) atoms. The van der Waals surface area contributed by atoms with Crippen LogP contribution >= 0.6 is 11.6 Å². The van der Waals surface area contributed by atoms with Gasteiger partial charge in [-0.3, -0.25) is 0 Å². The Morgan fingerprint density at radius 1 is 0.970 bits per heavy atom. The van der Waals surface area contributed by atoms with Crippen LogP contribution in [0.3, 0.4) is 0 Å². The van der Waals surface area contributed by atoms with Crippen molar-refractivity contribution in [2.45, 2.75) is 25.8 Å². The van der Waals surface area contributed by atoms with Gasteiger partial charge in [0, 0.05) is 50.4 Å². The van der Waals surface area contributed by atoms with Crippen molar-refractivity contribution in [1.82, 2.24) is 15.0 Å². The number of aromatic nitrogens is 3. The molecule has 172 valence electrons. The fourth-order valence-corrected chi connectivity index (χ4v) is 4.66. The van der Waals surface area contributed by atoms with Gasteiger partial charge >= 0.3 is 0 Å². The van der Waals surface area contributed by atoms with Crippen molar-refractivity contribution in [3.05, 3.63) is 53.4 Å². The molecule has 4 heterocycles. The Hall–Kier alpha value is -3.13. The number of hydrogen-bond donors (Lipinski definition) is 1. The summed E-state index contributed by atoms with van der Waals surface area (Å²) in [5.41, 5.74) is 1.50. The van der Waals surface area contributed by atoms with E-state index < -0.39 is 5.82 Å². The molecule has 1 atom stereocenters. The number of nitrogens with zero attached hydrogens (tertiary/aromatic N) is 6. The fourth-order valence-electron chi connectivity index (χ4n) is 4.48. The summed E-state index contributed by atoms with van der Waals surface area (Å²) in [6, 6.07) is 10.5. The van der Waals surface area contributed by atoms with Gasteiger partial charge in [-0.15, -0.1) is 0 Å². The Bertz CT molecular complexity index is 1140. The monoisotopic (exact) mass is 468 g/mol. The minimum absolute atomic E-state index is 0.0822. The minimum Gasteiger partial charge on any atom is -0.506 e. The third-order valence-corrected chi connectivity index (χ3v) is 6.68. The van der Waals surface area contributed by atoms with Crippen LogP contribution in [0.5, 0.6) is 5.75 Å². The van der Waals surface area contributed by atoms with E-state index in [9.17, 15) is 9.50 Å². The lowest BCUT2D eigenvalue weighted by Crippen LogP contribution is -2.47. The molecule has 2 aliphatic heterocycles. The highest BCUT2D eigenvalue weighted by atomic mass is 35.5. The highest BCUT2D eigenvalue weighted by Crippen LogP contribution is 2.31. The number of anilines is 3. The summed E-state index contributed by atoms with van der Waals surface area (Å²) in [4.78, 5) is 20.8. The summed E-state index contributed by atoms with van der Waals surface area (Å²) in [5, 5.41) is 9.58. The van der Waals surface area contributed by atoms with Crippen LogP contribution in [-0.2, 0) is 0 Å². The smallest absolute Gasteiger partial charge is 0.228 e. The zero-order valence-electron chi connectivity index (χ0n) is 18.5. The van der Waals surface area contributed by atoms with E-state index in [4.69, 9.17) is 21.6 Å². The highest BCUT2D eigenvalue weighted by Gasteiger charge is 2.26. The van der Waals surface area contributed by atoms with E-state index >= 15 is 0 Å². The standard InChI is InChI=1S/C24H26ClFN6O/c1-16-3-2-8-32(16)24-28-21(17-4-6-20(26)19(25)13-17)14-23(29-24)31-11-9-30(10-12-31)22-7-5-18(33)15-27-22/h4-7,13-16,33H,2-3,8-12H2,1H3. The third kappa shape index (κ3) is 4.53. The van der Waals surface area contributed by atoms with Crippen LogP contribution in [0.1, 0.15) is 19.8 Å². The lowest BCUT2D eigenvalue weighted by Gasteiger charge is -2.36. The molecule has 0 amide bonds. The van der Waals surface area contributed by atoms with Crippen LogP contribution in [0, 0.1) is 5.82 Å². The zero-order chi connectivity index (χ0) is 22.9.